The molecule has 2 amide bonds. The Kier molecular flexibility index (Phi) is 10.6. The third-order valence-corrected chi connectivity index (χ3v) is 8.54. The number of amides is 2. The molecule has 0 unspecified atom stereocenters. The van der Waals surface area contributed by atoms with E-state index in [1.54, 1.807) is 33.5 Å². The van der Waals surface area contributed by atoms with Crippen molar-refractivity contribution in [1.29, 1.82) is 0 Å². The zero-order chi connectivity index (χ0) is 32.6. The van der Waals surface area contributed by atoms with Crippen LogP contribution in [0.3, 0.4) is 0 Å². The van der Waals surface area contributed by atoms with Gasteiger partial charge in [0.25, 0.3) is 0 Å². The van der Waals surface area contributed by atoms with E-state index in [4.69, 9.17) is 14.2 Å². The maximum Gasteiger partial charge on any atom is 0.241 e. The van der Waals surface area contributed by atoms with Crippen LogP contribution >= 0.6 is 0 Å². The van der Waals surface area contributed by atoms with E-state index in [1.807, 2.05) is 35.2 Å². The molecule has 0 aromatic heterocycles. The summed E-state index contributed by atoms with van der Waals surface area (Å²) in [7, 11) is 4.68. The summed E-state index contributed by atoms with van der Waals surface area (Å²) in [5.74, 6) is 1.20. The average Bonchev–Trinajstić information content (AvgIpc) is 3.31. The molecule has 0 bridgehead atoms. The number of fused-ring (bicyclic) bond motifs is 3. The zero-order valence-corrected chi connectivity index (χ0v) is 26.9. The molecule has 0 spiro atoms. The SMILES string of the molecule is COc1cc2c(c(OC)c1OC)-c1ccc(NCC(=O)N3CCN(CC=Cc4ccccc4)CC3)c(=O)cc1[C@@H](NC(C)=O)CC2. The van der Waals surface area contributed by atoms with Crippen LogP contribution in [0.2, 0.25) is 0 Å². The second-order valence-corrected chi connectivity index (χ2v) is 11.4. The molecule has 1 fully saturated rings. The number of methoxy groups -OCH3 is 3. The van der Waals surface area contributed by atoms with Crippen LogP contribution < -0.4 is 30.3 Å². The first-order valence-corrected chi connectivity index (χ1v) is 15.6. The van der Waals surface area contributed by atoms with Crippen LogP contribution in [0, 0.1) is 0 Å². The maximum atomic E-state index is 13.6. The van der Waals surface area contributed by atoms with Gasteiger partial charge in [0, 0.05) is 45.2 Å². The molecular formula is C36H42N4O6. The van der Waals surface area contributed by atoms with E-state index < -0.39 is 6.04 Å². The van der Waals surface area contributed by atoms with Gasteiger partial charge in [0.2, 0.25) is 23.0 Å². The molecule has 1 atom stereocenters. The number of hydrogen-bond acceptors (Lipinski definition) is 8. The Hall–Kier alpha value is -4.83. The number of nitrogens with one attached hydrogen (secondary N) is 2. The summed E-state index contributed by atoms with van der Waals surface area (Å²) < 4.78 is 17.1. The number of piperazine rings is 1. The van der Waals surface area contributed by atoms with Gasteiger partial charge in [-0.2, -0.15) is 0 Å². The monoisotopic (exact) mass is 626 g/mol. The van der Waals surface area contributed by atoms with Crippen LogP contribution in [-0.2, 0) is 16.0 Å². The molecule has 3 aromatic rings. The number of benzene rings is 2. The first-order valence-electron chi connectivity index (χ1n) is 15.6. The number of aryl methyl sites for hydroxylation is 1. The lowest BCUT2D eigenvalue weighted by Crippen LogP contribution is -2.50. The van der Waals surface area contributed by atoms with Gasteiger partial charge in [0.15, 0.2) is 11.5 Å². The Morgan fingerprint density at radius 2 is 1.67 bits per heavy atom. The van der Waals surface area contributed by atoms with Crippen molar-refractivity contribution in [2.75, 3.05) is 65.9 Å². The summed E-state index contributed by atoms with van der Waals surface area (Å²) in [6.45, 7) is 5.10. The number of hydrogen-bond donors (Lipinski definition) is 2. The topological polar surface area (TPSA) is 109 Å². The van der Waals surface area contributed by atoms with Gasteiger partial charge in [0.1, 0.15) is 0 Å². The van der Waals surface area contributed by atoms with Crippen molar-refractivity contribution < 1.29 is 23.8 Å². The lowest BCUT2D eigenvalue weighted by molar-refractivity contribution is -0.131. The molecule has 2 aliphatic rings. The molecule has 5 rings (SSSR count). The first kappa shape index (κ1) is 32.6. The number of anilines is 1. The minimum absolute atomic E-state index is 0.00210. The predicted molar refractivity (Wildman–Crippen MR) is 180 cm³/mol. The molecule has 2 N–H and O–H groups in total. The van der Waals surface area contributed by atoms with E-state index in [0.717, 1.165) is 36.3 Å². The van der Waals surface area contributed by atoms with E-state index in [0.29, 0.717) is 54.4 Å². The van der Waals surface area contributed by atoms with E-state index in [2.05, 4.69) is 39.8 Å². The standard InChI is InChI=1S/C36H42N4O6/c1-24(41)38-29-14-12-26-21-32(44-2)35(45-3)36(46-4)34(26)27-13-15-30(31(42)22-28(27)29)37-23-33(43)40-19-17-39(18-20-40)16-8-11-25-9-6-5-7-10-25/h5-11,13,15,21-22,29H,12,14,16-20,23H2,1-4H3,(H,37,42)(H,38,41)/t29-/m0/s1. The lowest BCUT2D eigenvalue weighted by Gasteiger charge is -2.34. The van der Waals surface area contributed by atoms with Gasteiger partial charge in [0.05, 0.1) is 39.6 Å². The lowest BCUT2D eigenvalue weighted by atomic mass is 9.95. The molecule has 1 aliphatic heterocycles. The molecule has 0 radical (unpaired) electrons. The van der Waals surface area contributed by atoms with Gasteiger partial charge in [-0.1, -0.05) is 48.6 Å². The molecule has 10 nitrogen and oxygen atoms in total. The Bertz CT molecular complexity index is 1650. The maximum absolute atomic E-state index is 13.6. The third-order valence-electron chi connectivity index (χ3n) is 8.54. The second-order valence-electron chi connectivity index (χ2n) is 11.4. The molecule has 242 valence electrons. The molecular weight excluding hydrogens is 584 g/mol. The van der Waals surface area contributed by atoms with Crippen molar-refractivity contribution in [1.82, 2.24) is 15.1 Å². The Labute approximate surface area is 270 Å². The van der Waals surface area contributed by atoms with Crippen molar-refractivity contribution in [3.8, 4) is 28.4 Å². The summed E-state index contributed by atoms with van der Waals surface area (Å²) in [5.41, 5.74) is 4.31. The zero-order valence-electron chi connectivity index (χ0n) is 26.9. The molecule has 1 aliphatic carbocycles. The number of carbonyl (C=O) groups is 2. The van der Waals surface area contributed by atoms with Crippen molar-refractivity contribution in [3.63, 3.8) is 0 Å². The number of carbonyl (C=O) groups excluding carboxylic acids is 2. The quantitative estimate of drug-likeness (QED) is 0.346. The smallest absolute Gasteiger partial charge is 0.241 e. The molecule has 0 saturated carbocycles. The van der Waals surface area contributed by atoms with E-state index in [1.165, 1.54) is 12.5 Å². The molecule has 10 heteroatoms. The second kappa shape index (κ2) is 15.0. The Morgan fingerprint density at radius 3 is 2.35 bits per heavy atom. The third kappa shape index (κ3) is 7.34. The highest BCUT2D eigenvalue weighted by molar-refractivity contribution is 5.84. The predicted octanol–water partition coefficient (Wildman–Crippen LogP) is 4.13. The van der Waals surface area contributed by atoms with Gasteiger partial charge in [-0.15, -0.1) is 0 Å². The Balaban J connectivity index is 1.34. The summed E-state index contributed by atoms with van der Waals surface area (Å²) in [4.78, 5) is 43.1. The summed E-state index contributed by atoms with van der Waals surface area (Å²) >= 11 is 0. The fourth-order valence-electron chi connectivity index (χ4n) is 6.22. The van der Waals surface area contributed by atoms with Crippen molar-refractivity contribution in [3.05, 3.63) is 87.6 Å². The number of nitrogens with zero attached hydrogens (tertiary/aromatic N) is 2. The fourth-order valence-corrected chi connectivity index (χ4v) is 6.22. The summed E-state index contributed by atoms with van der Waals surface area (Å²) in [5, 5.41) is 6.10. The molecule has 46 heavy (non-hydrogen) atoms. The summed E-state index contributed by atoms with van der Waals surface area (Å²) in [6.07, 6.45) is 5.44. The molecule has 3 aromatic carbocycles. The van der Waals surface area contributed by atoms with Gasteiger partial charge in [-0.05, 0) is 53.3 Å². The van der Waals surface area contributed by atoms with Crippen molar-refractivity contribution in [2.45, 2.75) is 25.8 Å². The van der Waals surface area contributed by atoms with Gasteiger partial charge in [-0.3, -0.25) is 19.3 Å². The fraction of sp³-hybridized carbons (Fsp3) is 0.361. The largest absolute Gasteiger partial charge is 0.493 e. The van der Waals surface area contributed by atoms with Crippen LogP contribution in [0.1, 0.15) is 36.1 Å². The highest BCUT2D eigenvalue weighted by Crippen LogP contribution is 2.50. The summed E-state index contributed by atoms with van der Waals surface area (Å²) in [6, 6.07) is 16.8. The van der Waals surface area contributed by atoms with E-state index >= 15 is 0 Å². The van der Waals surface area contributed by atoms with Crippen LogP contribution in [-0.4, -0.2) is 82.2 Å². The van der Waals surface area contributed by atoms with Crippen molar-refractivity contribution >= 4 is 23.6 Å². The molecule has 1 saturated heterocycles. The highest BCUT2D eigenvalue weighted by Gasteiger charge is 2.29. The van der Waals surface area contributed by atoms with Crippen LogP contribution in [0.5, 0.6) is 17.2 Å². The number of rotatable bonds is 10. The number of ether oxygens (including phenoxy) is 3. The van der Waals surface area contributed by atoms with Crippen LogP contribution in [0.25, 0.3) is 17.2 Å². The van der Waals surface area contributed by atoms with Crippen molar-refractivity contribution in [2.24, 2.45) is 0 Å². The van der Waals surface area contributed by atoms with Gasteiger partial charge in [-0.25, -0.2) is 0 Å². The van der Waals surface area contributed by atoms with E-state index in [9.17, 15) is 14.4 Å². The van der Waals surface area contributed by atoms with Crippen LogP contribution in [0.15, 0.2) is 65.5 Å². The van der Waals surface area contributed by atoms with Crippen LogP contribution in [0.4, 0.5) is 5.69 Å². The van der Waals surface area contributed by atoms with E-state index in [-0.39, 0.29) is 23.8 Å². The highest BCUT2D eigenvalue weighted by atomic mass is 16.5. The minimum atomic E-state index is -0.407. The minimum Gasteiger partial charge on any atom is -0.493 e. The normalized spacial score (nSPS) is 16.2. The van der Waals surface area contributed by atoms with Gasteiger partial charge >= 0.3 is 0 Å². The average molecular weight is 627 g/mol. The molecule has 1 heterocycles. The first-order chi connectivity index (χ1) is 22.3. The Morgan fingerprint density at radius 1 is 0.935 bits per heavy atom. The van der Waals surface area contributed by atoms with Gasteiger partial charge < -0.3 is 29.7 Å².